The van der Waals surface area contributed by atoms with Gasteiger partial charge in [0, 0.05) is 60.5 Å². The Bertz CT molecular complexity index is 4230. The monoisotopic (exact) mass is 804 g/mol. The third kappa shape index (κ3) is 5.03. The van der Waals surface area contributed by atoms with Crippen LogP contribution in [0.5, 0.6) is 0 Å². The van der Waals surface area contributed by atoms with Crippen LogP contribution in [0.25, 0.3) is 138 Å². The van der Waals surface area contributed by atoms with Gasteiger partial charge in [-0.2, -0.15) is 0 Å². The van der Waals surface area contributed by atoms with Gasteiger partial charge in [0.05, 0.1) is 16.7 Å². The van der Waals surface area contributed by atoms with Crippen molar-refractivity contribution in [1.82, 2.24) is 19.5 Å². The summed E-state index contributed by atoms with van der Waals surface area (Å²) in [5.41, 5.74) is 8.92. The maximum atomic E-state index is 6.93. The van der Waals surface area contributed by atoms with Crippen molar-refractivity contribution in [3.8, 4) is 39.9 Å². The Morgan fingerprint density at radius 3 is 1.76 bits per heavy atom. The lowest BCUT2D eigenvalue weighted by molar-refractivity contribution is 0.669. The minimum atomic E-state index is 0.548. The molecule has 0 amide bonds. The minimum absolute atomic E-state index is 0.548. The summed E-state index contributed by atoms with van der Waals surface area (Å²) in [5.74, 6) is 1.69. The van der Waals surface area contributed by atoms with E-state index in [2.05, 4.69) is 168 Å². The zero-order valence-corrected chi connectivity index (χ0v) is 33.6. The first-order valence-electron chi connectivity index (χ1n) is 21.2. The van der Waals surface area contributed by atoms with Crippen LogP contribution in [0.3, 0.4) is 0 Å². The molecule has 0 spiro atoms. The Labute approximate surface area is 358 Å². The van der Waals surface area contributed by atoms with Crippen molar-refractivity contribution < 1.29 is 8.83 Å². The second kappa shape index (κ2) is 12.9. The molecule has 0 aliphatic carbocycles. The summed E-state index contributed by atoms with van der Waals surface area (Å²) < 4.78 is 15.7. The molecule has 4 heterocycles. The van der Waals surface area contributed by atoms with Crippen molar-refractivity contribution in [1.29, 1.82) is 0 Å². The highest BCUT2D eigenvalue weighted by Crippen LogP contribution is 2.44. The van der Waals surface area contributed by atoms with Crippen molar-refractivity contribution in [3.05, 3.63) is 194 Å². The van der Waals surface area contributed by atoms with Gasteiger partial charge in [0.15, 0.2) is 17.5 Å². The minimum Gasteiger partial charge on any atom is -0.456 e. The number of furan rings is 2. The Kier molecular flexibility index (Phi) is 7.02. The van der Waals surface area contributed by atoms with E-state index >= 15 is 0 Å². The molecule has 0 radical (unpaired) electrons. The summed E-state index contributed by atoms with van der Waals surface area (Å²) in [7, 11) is 0. The number of hydrogen-bond acceptors (Lipinski definition) is 5. The van der Waals surface area contributed by atoms with Gasteiger partial charge in [-0.1, -0.05) is 146 Å². The Hall–Kier alpha value is -8.61. The molecule has 0 unspecified atom stereocenters. The molecule has 0 saturated heterocycles. The smallest absolute Gasteiger partial charge is 0.166 e. The van der Waals surface area contributed by atoms with Crippen molar-refractivity contribution in [3.63, 3.8) is 0 Å². The lowest BCUT2D eigenvalue weighted by atomic mass is 10.0. The van der Waals surface area contributed by atoms with Crippen LogP contribution in [0.1, 0.15) is 0 Å². The third-order valence-corrected chi connectivity index (χ3v) is 12.8. The number of rotatable bonds is 4. The molecule has 14 rings (SSSR count). The molecule has 0 bridgehead atoms. The SMILES string of the molecule is c1ccc2cc3c(cc2c1)c1ccccc1n3-c1cc2oc3c4ccccc4ccc3c2cc1-c1nc(-c2cccc3ccccc23)nc(-c2cccc3oc4ccccc4c23)n1. The summed E-state index contributed by atoms with van der Waals surface area (Å²) >= 11 is 0. The first-order valence-corrected chi connectivity index (χ1v) is 21.2. The molecule has 4 aromatic heterocycles. The maximum absolute atomic E-state index is 6.93. The van der Waals surface area contributed by atoms with Gasteiger partial charge >= 0.3 is 0 Å². The Balaban J connectivity index is 1.14. The predicted molar refractivity (Wildman–Crippen MR) is 258 cm³/mol. The molecule has 0 fully saturated rings. The van der Waals surface area contributed by atoms with Crippen molar-refractivity contribution in [2.75, 3.05) is 0 Å². The summed E-state index contributed by atoms with van der Waals surface area (Å²) in [5, 5.41) is 13.0. The quantitative estimate of drug-likeness (QED) is 0.177. The van der Waals surface area contributed by atoms with Gasteiger partial charge in [-0.25, -0.2) is 15.0 Å². The van der Waals surface area contributed by atoms with E-state index in [1.54, 1.807) is 0 Å². The lowest BCUT2D eigenvalue weighted by Crippen LogP contribution is -2.04. The molecule has 6 heteroatoms. The van der Waals surface area contributed by atoms with Crippen LogP contribution >= 0.6 is 0 Å². The Morgan fingerprint density at radius 1 is 0.317 bits per heavy atom. The number of fused-ring (bicyclic) bond motifs is 13. The maximum Gasteiger partial charge on any atom is 0.166 e. The number of hydrogen-bond donors (Lipinski definition) is 0. The number of para-hydroxylation sites is 2. The van der Waals surface area contributed by atoms with Gasteiger partial charge in [-0.3, -0.25) is 0 Å². The van der Waals surface area contributed by atoms with Gasteiger partial charge in [0.1, 0.15) is 22.3 Å². The first kappa shape index (κ1) is 34.1. The number of nitrogens with zero attached hydrogens (tertiary/aromatic N) is 4. The van der Waals surface area contributed by atoms with Gasteiger partial charge < -0.3 is 13.4 Å². The van der Waals surface area contributed by atoms with Crippen LogP contribution in [-0.4, -0.2) is 19.5 Å². The van der Waals surface area contributed by atoms with Crippen LogP contribution in [0, 0.1) is 0 Å². The second-order valence-corrected chi connectivity index (χ2v) is 16.3. The van der Waals surface area contributed by atoms with Crippen molar-refractivity contribution in [2.24, 2.45) is 0 Å². The van der Waals surface area contributed by atoms with E-state index in [-0.39, 0.29) is 0 Å². The van der Waals surface area contributed by atoms with E-state index in [9.17, 15) is 0 Å². The standard InChI is InChI=1S/C57H32N4O2/c1-2-16-36-30-48-44(29-35(36)15-1)39-20-7-9-24-47(39)61(48)49-32-52-45(40-28-27-34-14-4-6-19-38(34)54(40)63-52)31-46(49)57-59-55(41-22-11-17-33-13-3-5-18-37(33)41)58-56(60-57)43-23-12-26-51-53(43)42-21-8-10-25-50(42)62-51/h1-32H. The zero-order valence-electron chi connectivity index (χ0n) is 33.6. The molecule has 0 N–H and O–H groups in total. The molecular formula is C57H32N4O2. The van der Waals surface area contributed by atoms with Crippen LogP contribution in [0.2, 0.25) is 0 Å². The molecule has 6 nitrogen and oxygen atoms in total. The molecule has 0 atom stereocenters. The van der Waals surface area contributed by atoms with E-state index in [1.807, 2.05) is 30.3 Å². The fourth-order valence-corrected chi connectivity index (χ4v) is 9.94. The third-order valence-electron chi connectivity index (χ3n) is 12.8. The topological polar surface area (TPSA) is 69.9 Å². The zero-order chi connectivity index (χ0) is 41.2. The highest BCUT2D eigenvalue weighted by molar-refractivity contribution is 6.18. The normalized spacial score (nSPS) is 12.1. The molecule has 63 heavy (non-hydrogen) atoms. The molecule has 292 valence electrons. The fraction of sp³-hybridized carbons (Fsp3) is 0. The Morgan fingerprint density at radius 2 is 0.921 bits per heavy atom. The van der Waals surface area contributed by atoms with E-state index in [1.165, 1.54) is 5.39 Å². The summed E-state index contributed by atoms with van der Waals surface area (Å²) in [6.45, 7) is 0. The van der Waals surface area contributed by atoms with Gasteiger partial charge in [-0.15, -0.1) is 0 Å². The summed E-state index contributed by atoms with van der Waals surface area (Å²) in [4.78, 5) is 16.4. The van der Waals surface area contributed by atoms with Gasteiger partial charge in [-0.05, 0) is 69.4 Å². The highest BCUT2D eigenvalue weighted by Gasteiger charge is 2.24. The van der Waals surface area contributed by atoms with Crippen LogP contribution in [-0.2, 0) is 0 Å². The second-order valence-electron chi connectivity index (χ2n) is 16.3. The van der Waals surface area contributed by atoms with Crippen molar-refractivity contribution >= 4 is 98.0 Å². The largest absolute Gasteiger partial charge is 0.456 e. The number of aromatic nitrogens is 4. The van der Waals surface area contributed by atoms with E-state index in [4.69, 9.17) is 23.8 Å². The van der Waals surface area contributed by atoms with Gasteiger partial charge in [0.2, 0.25) is 0 Å². The average Bonchev–Trinajstić information content (AvgIpc) is 4.01. The summed E-state index contributed by atoms with van der Waals surface area (Å²) in [6.07, 6.45) is 0. The highest BCUT2D eigenvalue weighted by atomic mass is 16.3. The van der Waals surface area contributed by atoms with E-state index < -0.39 is 0 Å². The van der Waals surface area contributed by atoms with Crippen LogP contribution in [0.15, 0.2) is 203 Å². The summed E-state index contributed by atoms with van der Waals surface area (Å²) in [6, 6.07) is 68.0. The van der Waals surface area contributed by atoms with Gasteiger partial charge in [0.25, 0.3) is 0 Å². The average molecular weight is 805 g/mol. The predicted octanol–water partition coefficient (Wildman–Crippen LogP) is 15.2. The number of benzene rings is 10. The van der Waals surface area contributed by atoms with Crippen LogP contribution < -0.4 is 0 Å². The first-order chi connectivity index (χ1) is 31.2. The van der Waals surface area contributed by atoms with Crippen molar-refractivity contribution in [2.45, 2.75) is 0 Å². The molecule has 0 aliphatic heterocycles. The molecule has 14 aromatic rings. The molecule has 0 aliphatic rings. The fourth-order valence-electron chi connectivity index (χ4n) is 9.94. The van der Waals surface area contributed by atoms with E-state index in [0.29, 0.717) is 17.5 Å². The lowest BCUT2D eigenvalue weighted by Gasteiger charge is -2.16. The molecular weight excluding hydrogens is 773 g/mol. The van der Waals surface area contributed by atoms with E-state index in [0.717, 1.165) is 115 Å². The molecule has 10 aromatic carbocycles. The van der Waals surface area contributed by atoms with Crippen LogP contribution in [0.4, 0.5) is 0 Å². The molecule has 0 saturated carbocycles.